The van der Waals surface area contributed by atoms with Crippen LogP contribution < -0.4 is 20.7 Å². The lowest BCUT2D eigenvalue weighted by Gasteiger charge is -2.43. The Kier molecular flexibility index (Phi) is 15.7. The Morgan fingerprint density at radius 3 is 2.15 bits per heavy atom. The molecule has 0 saturated carbocycles. The highest BCUT2D eigenvalue weighted by Gasteiger charge is 2.51. The summed E-state index contributed by atoms with van der Waals surface area (Å²) >= 11 is 0. The van der Waals surface area contributed by atoms with Gasteiger partial charge in [-0.3, -0.25) is 43.2 Å². The molecule has 3 heterocycles. The molecule has 8 rings (SSSR count). The number of ether oxygens (including phenoxy) is 3. The van der Waals surface area contributed by atoms with Gasteiger partial charge in [0.25, 0.3) is 0 Å². The van der Waals surface area contributed by atoms with Crippen molar-refractivity contribution in [1.29, 1.82) is 0 Å². The van der Waals surface area contributed by atoms with E-state index >= 15 is 0 Å². The predicted octanol–water partition coefficient (Wildman–Crippen LogP) is -0.368. The Bertz CT molecular complexity index is 2850. The Hall–Kier alpha value is -7.31. The van der Waals surface area contributed by atoms with Crippen molar-refractivity contribution >= 4 is 52.9 Å². The molecule has 3 aromatic carbocycles. The first-order valence-electron chi connectivity index (χ1n) is 24.7. The Balaban J connectivity index is 0.905. The summed E-state index contributed by atoms with van der Waals surface area (Å²) in [6.07, 6.45) is -5.87. The second kappa shape index (κ2) is 21.9. The van der Waals surface area contributed by atoms with Gasteiger partial charge in [0.05, 0.1) is 61.4 Å². The van der Waals surface area contributed by atoms with Gasteiger partial charge in [0, 0.05) is 49.0 Å². The number of Topliss-reactive ketones (excluding diaryl/α,β-unsaturated/α-hetero) is 1. The third-order valence-corrected chi connectivity index (χ3v) is 14.8. The second-order valence-electron chi connectivity index (χ2n) is 19.6. The smallest absolute Gasteiger partial charge is 0.307 e. The number of amides is 5. The Morgan fingerprint density at radius 2 is 1.49 bits per heavy atom. The summed E-state index contributed by atoms with van der Waals surface area (Å²) in [6, 6.07) is 6.71. The van der Waals surface area contributed by atoms with Crippen LogP contribution in [-0.2, 0) is 62.3 Å². The summed E-state index contributed by atoms with van der Waals surface area (Å²) in [5, 5.41) is 73.6. The summed E-state index contributed by atoms with van der Waals surface area (Å²) in [4.78, 5) is 123. The van der Waals surface area contributed by atoms with Gasteiger partial charge in [0.1, 0.15) is 53.7 Å². The third kappa shape index (κ3) is 10.5. The van der Waals surface area contributed by atoms with Gasteiger partial charge < -0.3 is 70.6 Å². The number of carboxylic acids is 1. The quantitative estimate of drug-likeness (QED) is 0.0647. The summed E-state index contributed by atoms with van der Waals surface area (Å²) in [5.74, 6) is -8.38. The van der Waals surface area contributed by atoms with Crippen LogP contribution in [0.3, 0.4) is 0 Å². The molecule has 400 valence electrons. The first-order chi connectivity index (χ1) is 35.7. The summed E-state index contributed by atoms with van der Waals surface area (Å²) in [6.45, 7) is 1.64. The first kappa shape index (κ1) is 54.0. The maximum Gasteiger partial charge on any atom is 0.307 e. The van der Waals surface area contributed by atoms with Gasteiger partial charge in [-0.1, -0.05) is 36.4 Å². The number of aliphatic carboxylic acids is 1. The highest BCUT2D eigenvalue weighted by molar-refractivity contribution is 6.31. The number of likely N-dealkylation sites (tertiary alicyclic amines) is 2. The molecule has 3 fully saturated rings. The Morgan fingerprint density at radius 1 is 0.853 bits per heavy atom. The molecule has 0 radical (unpaired) electrons. The van der Waals surface area contributed by atoms with Gasteiger partial charge in [-0.15, -0.1) is 0 Å². The molecule has 23 heteroatoms. The molecule has 9 atom stereocenters. The first-order valence-corrected chi connectivity index (χ1v) is 24.7. The average molecular weight is 1040 g/mol. The number of nitrogens with one attached hydrogen (secondary N) is 3. The van der Waals surface area contributed by atoms with Crippen molar-refractivity contribution < 1.29 is 88.0 Å². The number of methoxy groups -OCH3 is 1. The van der Waals surface area contributed by atoms with Crippen molar-refractivity contribution in [1.82, 2.24) is 25.8 Å². The van der Waals surface area contributed by atoms with Crippen molar-refractivity contribution in [2.45, 2.75) is 126 Å². The fourth-order valence-corrected chi connectivity index (χ4v) is 10.9. The van der Waals surface area contributed by atoms with Gasteiger partial charge in [-0.2, -0.15) is 0 Å². The van der Waals surface area contributed by atoms with Gasteiger partial charge in [-0.05, 0) is 56.7 Å². The molecule has 4 unspecified atom stereocenters. The number of aliphatic hydroxyl groups is 3. The molecule has 3 aliphatic heterocycles. The SMILES string of the molecule is COc1cccc2c1C(=O)c1c(O)c3c(c(O)c1C2=O)C[C@@](O)(C(=O)CO)C[C@@H]3OC1CC(NC(=O)[C@@H]2CCCN2C(=O)CNC(=O)[C@H](C)NC(=O)[C@@H]2CCCN2C(=O)Cc2ccccc2CC(=O)O)C(O)C(C)O1. The number of carboxylic acid groups (broad SMARTS) is 1. The number of phenols is 2. The highest BCUT2D eigenvalue weighted by Crippen LogP contribution is 2.52. The maximum atomic E-state index is 14.1. The molecule has 5 aliphatic rings. The number of carbonyl (C=O) groups excluding carboxylic acids is 8. The van der Waals surface area contributed by atoms with Crippen LogP contribution in [0.1, 0.15) is 113 Å². The highest BCUT2D eigenvalue weighted by atomic mass is 16.7. The van der Waals surface area contributed by atoms with E-state index in [-0.39, 0.29) is 72.7 Å². The minimum absolute atomic E-state index is 0.0197. The normalized spacial score (nSPS) is 25.3. The zero-order valence-electron chi connectivity index (χ0n) is 41.3. The van der Waals surface area contributed by atoms with Gasteiger partial charge in [-0.25, -0.2) is 0 Å². The molecule has 9 N–H and O–H groups in total. The number of aromatic hydroxyl groups is 2. The molecule has 2 aliphatic carbocycles. The van der Waals surface area contributed by atoms with E-state index in [2.05, 4.69) is 16.0 Å². The van der Waals surface area contributed by atoms with Crippen molar-refractivity contribution in [2.75, 3.05) is 33.4 Å². The van der Waals surface area contributed by atoms with E-state index < -0.39 is 150 Å². The van der Waals surface area contributed by atoms with Crippen LogP contribution in [0.4, 0.5) is 0 Å². The number of hydrogen-bond donors (Lipinski definition) is 9. The van der Waals surface area contributed by atoms with Crippen LogP contribution in [0.15, 0.2) is 42.5 Å². The topological polar surface area (TPSA) is 345 Å². The number of carbonyl (C=O) groups is 9. The molecule has 0 aromatic heterocycles. The van der Waals surface area contributed by atoms with E-state index in [4.69, 9.17) is 14.2 Å². The lowest BCUT2D eigenvalue weighted by Crippen LogP contribution is -2.59. The third-order valence-electron chi connectivity index (χ3n) is 14.8. The molecule has 0 spiro atoms. The maximum absolute atomic E-state index is 14.1. The number of aliphatic hydroxyl groups excluding tert-OH is 2. The monoisotopic (exact) mass is 1040 g/mol. The lowest BCUT2D eigenvalue weighted by atomic mass is 9.72. The van der Waals surface area contributed by atoms with Gasteiger partial charge in [0.15, 0.2) is 17.9 Å². The predicted molar refractivity (Wildman–Crippen MR) is 257 cm³/mol. The van der Waals surface area contributed by atoms with Crippen molar-refractivity contribution in [3.05, 3.63) is 87.0 Å². The molecule has 23 nitrogen and oxygen atoms in total. The van der Waals surface area contributed by atoms with Crippen LogP contribution in [0.5, 0.6) is 17.2 Å². The number of hydrogen-bond acceptors (Lipinski definition) is 17. The van der Waals surface area contributed by atoms with E-state index in [1.807, 2.05) is 0 Å². The molecule has 5 amide bonds. The number of fused-ring (bicyclic) bond motifs is 3. The number of rotatable bonds is 16. The van der Waals surface area contributed by atoms with Crippen molar-refractivity contribution in [3.8, 4) is 17.2 Å². The van der Waals surface area contributed by atoms with Crippen LogP contribution in [0.2, 0.25) is 0 Å². The number of benzene rings is 3. The Labute approximate surface area is 429 Å². The molecule has 75 heavy (non-hydrogen) atoms. The number of phenolic OH excluding ortho intramolecular Hbond substituents is 2. The standard InChI is InChI=1S/C52H59N5O18/c1-24(54-50(70)31-12-7-15-56(31)36(60)17-26-9-4-5-10-27(26)18-38(62)63)49(69)53-22-37(61)57-16-8-13-32(57)51(71)55-30-19-39(74-25(2)44(30)64)75-34-21-52(72,35(59)23-58)20-29-41(34)48(68)43-42(46(29)66)45(65)28-11-6-14-33(73-3)40(28)47(43)67/h4-6,9-11,14,24-25,30-32,34,39,44,58,64,66,68,72H,7-8,12-13,15-23H2,1-3H3,(H,53,69)(H,54,70)(H,55,71)(H,62,63)/t24-,25?,30?,31-,32-,34-,39?,44?,52-/m0/s1. The van der Waals surface area contributed by atoms with Crippen molar-refractivity contribution in [2.24, 2.45) is 0 Å². The minimum atomic E-state index is -2.43. The van der Waals surface area contributed by atoms with Gasteiger partial charge in [0.2, 0.25) is 35.3 Å². The van der Waals surface area contributed by atoms with E-state index in [1.54, 1.807) is 24.3 Å². The zero-order valence-corrected chi connectivity index (χ0v) is 41.3. The zero-order chi connectivity index (χ0) is 54.2. The number of nitrogens with zero attached hydrogens (tertiary/aromatic N) is 2. The molecule has 3 saturated heterocycles. The average Bonchev–Trinajstić information content (AvgIpc) is 4.09. The molecular formula is C52H59N5O18. The number of ketones is 3. The van der Waals surface area contributed by atoms with E-state index in [0.717, 1.165) is 0 Å². The fraction of sp³-hybridized carbons (Fsp3) is 0.481. The molecule has 0 bridgehead atoms. The molecular weight excluding hydrogens is 983 g/mol. The van der Waals surface area contributed by atoms with E-state index in [1.165, 1.54) is 49.0 Å². The largest absolute Gasteiger partial charge is 0.507 e. The second-order valence-corrected chi connectivity index (χ2v) is 19.6. The van der Waals surface area contributed by atoms with Crippen molar-refractivity contribution in [3.63, 3.8) is 0 Å². The van der Waals surface area contributed by atoms with E-state index in [9.17, 15) is 73.8 Å². The molecule has 3 aromatic rings. The van der Waals surface area contributed by atoms with Gasteiger partial charge >= 0.3 is 5.97 Å². The van der Waals surface area contributed by atoms with Crippen LogP contribution in [0, 0.1) is 0 Å². The summed E-state index contributed by atoms with van der Waals surface area (Å²) < 4.78 is 17.6. The van der Waals surface area contributed by atoms with Crippen LogP contribution in [0.25, 0.3) is 0 Å². The lowest BCUT2D eigenvalue weighted by molar-refractivity contribution is -0.249. The van der Waals surface area contributed by atoms with Crippen LogP contribution >= 0.6 is 0 Å². The summed E-state index contributed by atoms with van der Waals surface area (Å²) in [5.41, 5.74) is -3.44. The van der Waals surface area contributed by atoms with Crippen LogP contribution in [-0.4, -0.2) is 175 Å². The minimum Gasteiger partial charge on any atom is -0.507 e. The van der Waals surface area contributed by atoms with E-state index in [0.29, 0.717) is 30.4 Å². The summed E-state index contributed by atoms with van der Waals surface area (Å²) in [7, 11) is 1.28. The fourth-order valence-electron chi connectivity index (χ4n) is 10.9.